The van der Waals surface area contributed by atoms with Crippen LogP contribution in [0, 0.1) is 5.41 Å². The number of carbonyl (C=O) groups is 2. The Kier molecular flexibility index (Phi) is 6.37. The molecule has 176 valence electrons. The summed E-state index contributed by atoms with van der Waals surface area (Å²) < 4.78 is 5.62. The summed E-state index contributed by atoms with van der Waals surface area (Å²) in [5, 5.41) is 0. The lowest BCUT2D eigenvalue weighted by Crippen LogP contribution is -2.54. The predicted octanol–water partition coefficient (Wildman–Crippen LogP) is 4.84. The Morgan fingerprint density at radius 2 is 1.88 bits per heavy atom. The first kappa shape index (κ1) is 23.4. The number of amides is 1. The summed E-state index contributed by atoms with van der Waals surface area (Å²) in [6, 6.07) is 14.9. The zero-order chi connectivity index (χ0) is 24.3. The molecule has 1 aliphatic heterocycles. The van der Waals surface area contributed by atoms with Gasteiger partial charge >= 0.3 is 6.09 Å². The fourth-order valence-corrected chi connectivity index (χ4v) is 4.47. The molecule has 0 radical (unpaired) electrons. The molecule has 0 saturated carbocycles. The van der Waals surface area contributed by atoms with Crippen LogP contribution in [0.3, 0.4) is 0 Å². The van der Waals surface area contributed by atoms with E-state index in [4.69, 9.17) is 15.5 Å². The highest BCUT2D eigenvalue weighted by atomic mass is 16.6. The molecule has 7 heteroatoms. The average molecular weight is 459 g/mol. The molecule has 1 aromatic heterocycles. The van der Waals surface area contributed by atoms with Gasteiger partial charge in [-0.05, 0) is 75.7 Å². The van der Waals surface area contributed by atoms with Gasteiger partial charge in [0.25, 0.3) is 0 Å². The lowest BCUT2D eigenvalue weighted by Gasteiger charge is -2.46. The number of piperidine rings is 1. The quantitative estimate of drug-likeness (QED) is 0.664. The molecule has 1 fully saturated rings. The average Bonchev–Trinajstić information content (AvgIpc) is 2.83. The maximum atomic E-state index is 13.9. The molecule has 2 aliphatic rings. The molecular formula is C27H30N4O3. The number of fused-ring (bicyclic) bond motifs is 1. The number of carbonyl (C=O) groups excluding carboxylic acids is 2. The van der Waals surface area contributed by atoms with E-state index >= 15 is 0 Å². The smallest absolute Gasteiger partial charge is 0.410 e. The van der Waals surface area contributed by atoms with E-state index in [2.05, 4.69) is 4.98 Å². The Morgan fingerprint density at radius 1 is 1.15 bits per heavy atom. The van der Waals surface area contributed by atoms with E-state index < -0.39 is 17.1 Å². The molecule has 0 spiro atoms. The first-order valence-corrected chi connectivity index (χ1v) is 11.4. The summed E-state index contributed by atoms with van der Waals surface area (Å²) in [6.07, 6.45) is 5.50. The monoisotopic (exact) mass is 458 g/mol. The molecule has 2 heterocycles. The van der Waals surface area contributed by atoms with Crippen molar-refractivity contribution in [1.29, 1.82) is 0 Å². The Hall–Kier alpha value is -3.74. The van der Waals surface area contributed by atoms with Gasteiger partial charge in [0.05, 0.1) is 16.8 Å². The number of nitrogens with two attached hydrogens (primary N) is 1. The Morgan fingerprint density at radius 3 is 2.53 bits per heavy atom. The van der Waals surface area contributed by atoms with E-state index in [-0.39, 0.29) is 12.3 Å². The van der Waals surface area contributed by atoms with Crippen LogP contribution in [-0.4, -0.2) is 46.2 Å². The molecule has 1 amide bonds. The van der Waals surface area contributed by atoms with Gasteiger partial charge in [0.2, 0.25) is 0 Å². The van der Waals surface area contributed by atoms with Crippen molar-refractivity contribution in [3.63, 3.8) is 0 Å². The largest absolute Gasteiger partial charge is 0.444 e. The summed E-state index contributed by atoms with van der Waals surface area (Å²) in [5.41, 5.74) is 8.02. The summed E-state index contributed by atoms with van der Waals surface area (Å²) in [7, 11) is 0. The number of Topliss-reactive ketones (excluding diaryl/α,β-unsaturated/α-hetero) is 1. The van der Waals surface area contributed by atoms with Crippen LogP contribution in [0.1, 0.15) is 44.1 Å². The van der Waals surface area contributed by atoms with Crippen molar-refractivity contribution in [3.05, 3.63) is 83.8 Å². The number of ketones is 1. The molecule has 34 heavy (non-hydrogen) atoms. The Balaban J connectivity index is 1.78. The molecule has 4 rings (SSSR count). The van der Waals surface area contributed by atoms with Crippen LogP contribution in [-0.2, 0) is 4.74 Å². The van der Waals surface area contributed by atoms with E-state index in [0.29, 0.717) is 25.1 Å². The number of pyridine rings is 1. The van der Waals surface area contributed by atoms with Crippen molar-refractivity contribution in [1.82, 2.24) is 9.88 Å². The topological polar surface area (TPSA) is 97.9 Å². The molecule has 1 aromatic carbocycles. The van der Waals surface area contributed by atoms with Crippen molar-refractivity contribution >= 4 is 23.3 Å². The molecule has 1 aliphatic carbocycles. The number of benzene rings is 1. The van der Waals surface area contributed by atoms with Crippen LogP contribution < -0.4 is 5.73 Å². The normalized spacial score (nSPS) is 22.8. The Bertz CT molecular complexity index is 1160. The Labute approximate surface area is 200 Å². The number of hydrogen-bond donors (Lipinski definition) is 1. The SMILES string of the molecule is CC(C)(C)OC(=O)N1CCC2=CC(=Nc3ccccc3)C(=CN)CC2(C(=O)c2ccccn2)C1. The van der Waals surface area contributed by atoms with Crippen molar-refractivity contribution < 1.29 is 14.3 Å². The number of para-hydroxylation sites is 1. The van der Waals surface area contributed by atoms with Gasteiger partial charge in [-0.1, -0.05) is 29.8 Å². The second-order valence-electron chi connectivity index (χ2n) is 9.65. The van der Waals surface area contributed by atoms with Crippen LogP contribution in [0.2, 0.25) is 0 Å². The van der Waals surface area contributed by atoms with Gasteiger partial charge in [0.1, 0.15) is 11.3 Å². The van der Waals surface area contributed by atoms with Crippen molar-refractivity contribution in [2.24, 2.45) is 16.1 Å². The highest BCUT2D eigenvalue weighted by Crippen LogP contribution is 2.46. The number of allylic oxidation sites excluding steroid dienone is 2. The fraction of sp³-hybridized carbons (Fsp3) is 0.333. The third-order valence-corrected chi connectivity index (χ3v) is 6.05. The zero-order valence-corrected chi connectivity index (χ0v) is 19.8. The van der Waals surface area contributed by atoms with Gasteiger partial charge in [-0.3, -0.25) is 9.78 Å². The van der Waals surface area contributed by atoms with Crippen LogP contribution in [0.15, 0.2) is 83.1 Å². The maximum absolute atomic E-state index is 13.9. The standard InChI is InChI=1S/C27H30N4O3/c1-26(2,3)34-25(33)31-14-12-20-15-23(30-21-9-5-4-6-10-21)19(17-28)16-27(20,18-31)24(32)22-11-7-8-13-29-22/h4-11,13,15,17H,12,14,16,18,28H2,1-3H3. The predicted molar refractivity (Wildman–Crippen MR) is 132 cm³/mol. The number of rotatable bonds is 3. The van der Waals surface area contributed by atoms with E-state index in [1.807, 2.05) is 57.2 Å². The summed E-state index contributed by atoms with van der Waals surface area (Å²) in [5.74, 6) is -0.134. The minimum absolute atomic E-state index is 0.134. The first-order valence-electron chi connectivity index (χ1n) is 11.4. The van der Waals surface area contributed by atoms with E-state index in [1.165, 1.54) is 6.20 Å². The third kappa shape index (κ3) is 4.78. The van der Waals surface area contributed by atoms with Gasteiger partial charge in [-0.25, -0.2) is 9.79 Å². The maximum Gasteiger partial charge on any atom is 0.410 e. The number of likely N-dealkylation sites (tertiary alicyclic amines) is 1. The van der Waals surface area contributed by atoms with Crippen molar-refractivity contribution in [2.45, 2.75) is 39.2 Å². The molecule has 1 unspecified atom stereocenters. The summed E-state index contributed by atoms with van der Waals surface area (Å²) >= 11 is 0. The van der Waals surface area contributed by atoms with Gasteiger partial charge in [-0.2, -0.15) is 0 Å². The van der Waals surface area contributed by atoms with Crippen molar-refractivity contribution in [3.8, 4) is 0 Å². The van der Waals surface area contributed by atoms with E-state index in [1.54, 1.807) is 29.3 Å². The molecule has 1 saturated heterocycles. The number of nitrogens with zero attached hydrogens (tertiary/aromatic N) is 3. The molecular weight excluding hydrogens is 428 g/mol. The number of hydrogen-bond acceptors (Lipinski definition) is 6. The van der Waals surface area contributed by atoms with Gasteiger partial charge in [0.15, 0.2) is 5.78 Å². The molecule has 7 nitrogen and oxygen atoms in total. The van der Waals surface area contributed by atoms with Crippen LogP contribution in [0.25, 0.3) is 0 Å². The zero-order valence-electron chi connectivity index (χ0n) is 19.8. The van der Waals surface area contributed by atoms with Gasteiger partial charge in [-0.15, -0.1) is 0 Å². The highest BCUT2D eigenvalue weighted by Gasteiger charge is 2.50. The summed E-state index contributed by atoms with van der Waals surface area (Å²) in [4.78, 5) is 37.6. The first-order chi connectivity index (χ1) is 16.2. The third-order valence-electron chi connectivity index (χ3n) is 6.05. The molecule has 2 N–H and O–H groups in total. The van der Waals surface area contributed by atoms with Crippen LogP contribution >= 0.6 is 0 Å². The fourth-order valence-electron chi connectivity index (χ4n) is 4.47. The molecule has 0 bridgehead atoms. The number of aromatic nitrogens is 1. The minimum atomic E-state index is -0.982. The highest BCUT2D eigenvalue weighted by molar-refractivity contribution is 6.14. The van der Waals surface area contributed by atoms with Crippen molar-refractivity contribution in [2.75, 3.05) is 13.1 Å². The molecule has 2 aromatic rings. The van der Waals surface area contributed by atoms with Crippen LogP contribution in [0.4, 0.5) is 10.5 Å². The minimum Gasteiger partial charge on any atom is -0.444 e. The summed E-state index contributed by atoms with van der Waals surface area (Å²) in [6.45, 7) is 6.14. The lowest BCUT2D eigenvalue weighted by atomic mass is 9.64. The second kappa shape index (κ2) is 9.25. The second-order valence-corrected chi connectivity index (χ2v) is 9.65. The van der Waals surface area contributed by atoms with E-state index in [0.717, 1.165) is 22.5 Å². The van der Waals surface area contributed by atoms with Gasteiger partial charge in [0, 0.05) is 19.3 Å². The lowest BCUT2D eigenvalue weighted by molar-refractivity contribution is 0.0138. The number of ether oxygens (including phenoxy) is 1. The molecule has 1 atom stereocenters. The van der Waals surface area contributed by atoms with E-state index in [9.17, 15) is 9.59 Å². The van der Waals surface area contributed by atoms with Gasteiger partial charge < -0.3 is 15.4 Å². The van der Waals surface area contributed by atoms with Crippen LogP contribution in [0.5, 0.6) is 0 Å². The number of aliphatic imine (C=N–C) groups is 1.